The Bertz CT molecular complexity index is 1410. The van der Waals surface area contributed by atoms with Gasteiger partial charge in [-0.3, -0.25) is 0 Å². The molecule has 0 radical (unpaired) electrons. The van der Waals surface area contributed by atoms with Crippen molar-refractivity contribution in [1.29, 1.82) is 0 Å². The van der Waals surface area contributed by atoms with Crippen LogP contribution in [-0.2, 0) is 0 Å². The fourth-order valence-electron chi connectivity index (χ4n) is 3.88. The predicted octanol–water partition coefficient (Wildman–Crippen LogP) is 6.89. The molecule has 5 aromatic rings. The third-order valence-corrected chi connectivity index (χ3v) is 7.03. The van der Waals surface area contributed by atoms with Crippen LogP contribution >= 0.6 is 22.9 Å². The molecule has 0 amide bonds. The Hall–Kier alpha value is -3.55. The second kappa shape index (κ2) is 12.1. The van der Waals surface area contributed by atoms with Gasteiger partial charge in [0.05, 0.1) is 11.8 Å². The number of nitrogens with one attached hydrogen (secondary N) is 1. The molecule has 2 aromatic heterocycles. The lowest BCUT2D eigenvalue weighted by atomic mass is 10.0. The maximum Gasteiger partial charge on any atom is 0.129 e. The van der Waals surface area contributed by atoms with E-state index in [1.807, 2.05) is 30.3 Å². The van der Waals surface area contributed by atoms with E-state index in [9.17, 15) is 5.11 Å². The van der Waals surface area contributed by atoms with Gasteiger partial charge in [-0.2, -0.15) is 0 Å². The lowest BCUT2D eigenvalue weighted by Crippen LogP contribution is -2.26. The number of pyridine rings is 1. The van der Waals surface area contributed by atoms with Crippen LogP contribution in [0.15, 0.2) is 103 Å². The summed E-state index contributed by atoms with van der Waals surface area (Å²) in [6.45, 7) is 1.51. The van der Waals surface area contributed by atoms with E-state index in [-0.39, 0.29) is 0 Å². The van der Waals surface area contributed by atoms with E-state index in [2.05, 4.69) is 64.2 Å². The number of aliphatic hydroxyl groups excluding tert-OH is 1. The highest BCUT2D eigenvalue weighted by molar-refractivity contribution is 7.13. The van der Waals surface area contributed by atoms with E-state index in [4.69, 9.17) is 21.3 Å². The number of aromatic nitrogens is 2. The molecule has 1 atom stereocenters. The number of thiazole rings is 1. The van der Waals surface area contributed by atoms with Gasteiger partial charge in [0.15, 0.2) is 0 Å². The van der Waals surface area contributed by atoms with Crippen molar-refractivity contribution in [2.24, 2.45) is 0 Å². The number of hydrogen-bond acceptors (Lipinski definition) is 6. The minimum absolute atomic E-state index is 0.410. The second-order valence-corrected chi connectivity index (χ2v) is 9.73. The predicted molar refractivity (Wildman–Crippen MR) is 151 cm³/mol. The summed E-state index contributed by atoms with van der Waals surface area (Å²) in [7, 11) is 0. The zero-order valence-corrected chi connectivity index (χ0v) is 21.6. The maximum atomic E-state index is 10.2. The number of ether oxygens (including phenoxy) is 1. The van der Waals surface area contributed by atoms with Gasteiger partial charge >= 0.3 is 0 Å². The van der Waals surface area contributed by atoms with E-state index < -0.39 is 6.10 Å². The number of hydrogen-bond donors (Lipinski definition) is 2. The van der Waals surface area contributed by atoms with Gasteiger partial charge in [0.2, 0.25) is 0 Å². The maximum absolute atomic E-state index is 10.2. The van der Waals surface area contributed by atoms with Crippen molar-refractivity contribution in [2.75, 3.05) is 19.7 Å². The van der Waals surface area contributed by atoms with Crippen molar-refractivity contribution in [2.45, 2.75) is 6.10 Å². The molecule has 37 heavy (non-hydrogen) atoms. The van der Waals surface area contributed by atoms with Crippen LogP contribution in [0.2, 0.25) is 5.15 Å². The first-order valence-corrected chi connectivity index (χ1v) is 13.3. The number of halogens is 1. The third kappa shape index (κ3) is 6.61. The lowest BCUT2D eigenvalue weighted by molar-refractivity contribution is 0.171. The summed E-state index contributed by atoms with van der Waals surface area (Å²) in [6.07, 6.45) is 0.939. The molecule has 2 N–H and O–H groups in total. The topological polar surface area (TPSA) is 67.3 Å². The quantitative estimate of drug-likeness (QED) is 0.153. The zero-order valence-electron chi connectivity index (χ0n) is 20.0. The van der Waals surface area contributed by atoms with Gasteiger partial charge in [-0.25, -0.2) is 9.97 Å². The van der Waals surface area contributed by atoms with Crippen molar-refractivity contribution in [1.82, 2.24) is 15.3 Å². The summed E-state index contributed by atoms with van der Waals surface area (Å²) >= 11 is 7.42. The molecule has 0 aliphatic carbocycles. The van der Waals surface area contributed by atoms with Crippen LogP contribution in [0, 0.1) is 0 Å². The first kappa shape index (κ1) is 25.1. The van der Waals surface area contributed by atoms with E-state index in [0.29, 0.717) is 24.8 Å². The van der Waals surface area contributed by atoms with Gasteiger partial charge in [-0.15, -0.1) is 11.3 Å². The van der Waals surface area contributed by atoms with Gasteiger partial charge in [-0.05, 0) is 41.5 Å². The summed E-state index contributed by atoms with van der Waals surface area (Å²) in [6, 6.07) is 30.3. The Morgan fingerprint density at radius 2 is 1.54 bits per heavy atom. The van der Waals surface area contributed by atoms with Crippen LogP contribution in [0.4, 0.5) is 0 Å². The molecule has 0 saturated carbocycles. The first-order chi connectivity index (χ1) is 18.2. The first-order valence-electron chi connectivity index (χ1n) is 12.0. The van der Waals surface area contributed by atoms with Gasteiger partial charge < -0.3 is 15.2 Å². The fourth-order valence-corrected chi connectivity index (χ4v) is 4.83. The number of nitrogens with zero attached hydrogens (tertiary/aromatic N) is 2. The molecule has 5 nitrogen and oxygen atoms in total. The van der Waals surface area contributed by atoms with Gasteiger partial charge in [0.1, 0.15) is 22.5 Å². The Labute approximate surface area is 225 Å². The molecule has 5 rings (SSSR count). The normalized spacial score (nSPS) is 11.8. The lowest BCUT2D eigenvalue weighted by Gasteiger charge is -2.12. The Morgan fingerprint density at radius 3 is 2.27 bits per heavy atom. The molecule has 0 fully saturated rings. The van der Waals surface area contributed by atoms with Crippen molar-refractivity contribution in [3.63, 3.8) is 0 Å². The molecule has 7 heteroatoms. The third-order valence-electron chi connectivity index (χ3n) is 5.91. The van der Waals surface area contributed by atoms with Crippen LogP contribution in [0.25, 0.3) is 33.0 Å². The van der Waals surface area contributed by atoms with E-state index in [1.165, 1.54) is 11.1 Å². The molecular weight excluding hydrogens is 502 g/mol. The van der Waals surface area contributed by atoms with Crippen molar-refractivity contribution < 1.29 is 9.84 Å². The second-order valence-electron chi connectivity index (χ2n) is 8.49. The molecule has 0 saturated heterocycles. The minimum Gasteiger partial charge on any atom is -0.492 e. The van der Waals surface area contributed by atoms with Crippen LogP contribution in [-0.4, -0.2) is 34.8 Å². The molecule has 0 spiro atoms. The molecule has 0 unspecified atom stereocenters. The van der Waals surface area contributed by atoms with Crippen molar-refractivity contribution in [3.8, 4) is 38.7 Å². The average molecular weight is 528 g/mol. The smallest absolute Gasteiger partial charge is 0.129 e. The summed E-state index contributed by atoms with van der Waals surface area (Å²) in [4.78, 5) is 8.84. The molecule has 3 aromatic carbocycles. The van der Waals surface area contributed by atoms with Crippen LogP contribution in [0.3, 0.4) is 0 Å². The highest BCUT2D eigenvalue weighted by Gasteiger charge is 2.09. The Balaban J connectivity index is 1.11. The molecule has 0 aliphatic rings. The minimum atomic E-state index is -0.644. The largest absolute Gasteiger partial charge is 0.492 e. The van der Waals surface area contributed by atoms with E-state index >= 15 is 0 Å². The van der Waals surface area contributed by atoms with Gasteiger partial charge in [-0.1, -0.05) is 72.3 Å². The molecular formula is C30H26ClN3O2S. The molecule has 0 aliphatic heterocycles. The number of aliphatic hydroxyl groups is 1. The highest BCUT2D eigenvalue weighted by Crippen LogP contribution is 2.31. The van der Waals surface area contributed by atoms with Gasteiger partial charge in [0, 0.05) is 41.4 Å². The molecule has 0 bridgehead atoms. The summed E-state index contributed by atoms with van der Waals surface area (Å²) in [5.41, 5.74) is 6.26. The number of rotatable bonds is 10. The van der Waals surface area contributed by atoms with Crippen molar-refractivity contribution >= 4 is 22.9 Å². The fraction of sp³-hybridized carbons (Fsp3) is 0.133. The Kier molecular flexibility index (Phi) is 8.23. The summed E-state index contributed by atoms with van der Waals surface area (Å²) in [5, 5.41) is 16.9. The summed E-state index contributed by atoms with van der Waals surface area (Å²) in [5.74, 6) is 0.793. The molecule has 2 heterocycles. The monoisotopic (exact) mass is 527 g/mol. The Morgan fingerprint density at radius 1 is 0.838 bits per heavy atom. The van der Waals surface area contributed by atoms with Crippen LogP contribution in [0.1, 0.15) is 11.7 Å². The van der Waals surface area contributed by atoms with Crippen molar-refractivity contribution in [3.05, 3.63) is 113 Å². The highest BCUT2D eigenvalue weighted by atomic mass is 35.5. The average Bonchev–Trinajstić information content (AvgIpc) is 3.44. The number of benzene rings is 3. The molecule has 186 valence electrons. The standard InChI is InChI=1S/C30H26ClN3O2S/c31-29-15-12-25(18-33-29)28(35)19-32-16-17-36-26-13-10-24(11-14-26)30-34-27(20-37-30)23-8-6-22(7-9-23)21-4-2-1-3-5-21/h1-15,18,20,28,32,35H,16-17,19H2/t28-/m0/s1. The zero-order chi connectivity index (χ0) is 25.5. The summed E-state index contributed by atoms with van der Waals surface area (Å²) < 4.78 is 5.83. The van der Waals surface area contributed by atoms with E-state index in [1.54, 1.807) is 29.7 Å². The van der Waals surface area contributed by atoms with Gasteiger partial charge in [0.25, 0.3) is 0 Å². The van der Waals surface area contributed by atoms with Crippen LogP contribution in [0.5, 0.6) is 5.75 Å². The van der Waals surface area contributed by atoms with E-state index in [0.717, 1.165) is 33.1 Å². The SMILES string of the molecule is O[C@@H](CNCCOc1ccc(-c2nc(-c3ccc(-c4ccccc4)cc3)cs2)cc1)c1ccc(Cl)nc1. The van der Waals surface area contributed by atoms with Crippen LogP contribution < -0.4 is 10.1 Å².